The zero-order valence-electron chi connectivity index (χ0n) is 22.6. The molecule has 206 valence electrons. The van der Waals surface area contributed by atoms with Crippen LogP contribution in [0.25, 0.3) is 0 Å². The number of nitrogens with one attached hydrogen (secondary N) is 2. The van der Waals surface area contributed by atoms with Gasteiger partial charge in [0.05, 0.1) is 28.4 Å². The molecule has 0 aliphatic carbocycles. The first-order valence-corrected chi connectivity index (χ1v) is 13.2. The fraction of sp³-hybridized carbons (Fsp3) is 0.161. The normalized spacial score (nSPS) is 11.2. The van der Waals surface area contributed by atoms with Crippen molar-refractivity contribution in [2.45, 2.75) is 10.1 Å². The number of carbonyl (C=O) groups excluding carboxylic acids is 2. The average molecular weight is 559 g/mol. The third-order valence-electron chi connectivity index (χ3n) is 5.95. The minimum absolute atomic E-state index is 0.216. The van der Waals surface area contributed by atoms with E-state index in [1.54, 1.807) is 56.7 Å². The molecule has 9 heteroatoms. The van der Waals surface area contributed by atoms with Crippen molar-refractivity contribution >= 4 is 35.0 Å². The van der Waals surface area contributed by atoms with Gasteiger partial charge in [-0.15, -0.1) is 11.8 Å². The van der Waals surface area contributed by atoms with Gasteiger partial charge in [-0.3, -0.25) is 9.59 Å². The summed E-state index contributed by atoms with van der Waals surface area (Å²) in [6.07, 6.45) is 0. The van der Waals surface area contributed by atoms with Crippen LogP contribution in [0.4, 0.5) is 11.4 Å². The first kappa shape index (κ1) is 28.4. The summed E-state index contributed by atoms with van der Waals surface area (Å²) in [6, 6.07) is 27.0. The summed E-state index contributed by atoms with van der Waals surface area (Å²) in [4.78, 5) is 27.3. The maximum Gasteiger partial charge on any atom is 0.255 e. The number of hydrogen-bond acceptors (Lipinski definition) is 7. The van der Waals surface area contributed by atoms with Crippen LogP contribution in [0, 0.1) is 0 Å². The molecule has 4 rings (SSSR count). The lowest BCUT2D eigenvalue weighted by atomic mass is 10.1. The number of rotatable bonds is 11. The van der Waals surface area contributed by atoms with Crippen LogP contribution in [0.1, 0.15) is 21.2 Å². The van der Waals surface area contributed by atoms with E-state index in [-0.39, 0.29) is 11.8 Å². The molecule has 0 saturated heterocycles. The molecule has 0 bridgehead atoms. The van der Waals surface area contributed by atoms with Crippen LogP contribution >= 0.6 is 11.8 Å². The first-order valence-electron chi connectivity index (χ1n) is 12.3. The van der Waals surface area contributed by atoms with Crippen molar-refractivity contribution in [1.29, 1.82) is 0 Å². The molecular weight excluding hydrogens is 528 g/mol. The van der Waals surface area contributed by atoms with E-state index in [0.717, 1.165) is 10.5 Å². The van der Waals surface area contributed by atoms with Gasteiger partial charge in [0, 0.05) is 40.0 Å². The quantitative estimate of drug-likeness (QED) is 0.204. The van der Waals surface area contributed by atoms with E-state index in [4.69, 9.17) is 18.9 Å². The molecule has 0 aromatic heterocycles. The molecule has 0 aliphatic rings. The third-order valence-corrected chi connectivity index (χ3v) is 7.20. The van der Waals surface area contributed by atoms with Crippen LogP contribution in [-0.2, 0) is 4.79 Å². The lowest BCUT2D eigenvalue weighted by Gasteiger charge is -2.18. The molecule has 4 aromatic rings. The summed E-state index contributed by atoms with van der Waals surface area (Å²) < 4.78 is 21.2. The van der Waals surface area contributed by atoms with Gasteiger partial charge in [-0.2, -0.15) is 0 Å². The second-order valence-electron chi connectivity index (χ2n) is 8.55. The summed E-state index contributed by atoms with van der Waals surface area (Å²) in [5.74, 6) is 1.62. The second kappa shape index (κ2) is 13.4. The van der Waals surface area contributed by atoms with Crippen molar-refractivity contribution < 1.29 is 28.5 Å². The second-order valence-corrected chi connectivity index (χ2v) is 9.73. The Labute approximate surface area is 237 Å². The Morgan fingerprint density at radius 2 is 1.35 bits per heavy atom. The van der Waals surface area contributed by atoms with E-state index in [0.29, 0.717) is 39.9 Å². The molecule has 2 amide bonds. The number of anilines is 2. The maximum atomic E-state index is 13.6. The number of ether oxygens (including phenoxy) is 4. The van der Waals surface area contributed by atoms with Crippen molar-refractivity contribution in [3.63, 3.8) is 0 Å². The van der Waals surface area contributed by atoms with Crippen LogP contribution in [0.2, 0.25) is 0 Å². The fourth-order valence-corrected chi connectivity index (χ4v) is 5.04. The third kappa shape index (κ3) is 7.06. The minimum Gasteiger partial charge on any atom is -0.497 e. The van der Waals surface area contributed by atoms with Crippen molar-refractivity contribution in [1.82, 2.24) is 0 Å². The topological polar surface area (TPSA) is 95.1 Å². The lowest BCUT2D eigenvalue weighted by Crippen LogP contribution is -2.19. The first-order chi connectivity index (χ1) is 19.4. The minimum atomic E-state index is -0.574. The largest absolute Gasteiger partial charge is 0.497 e. The number of methoxy groups -OCH3 is 4. The van der Waals surface area contributed by atoms with Crippen LogP contribution in [0.5, 0.6) is 23.0 Å². The highest BCUT2D eigenvalue weighted by molar-refractivity contribution is 8.00. The summed E-state index contributed by atoms with van der Waals surface area (Å²) in [6.45, 7) is 0. The molecule has 0 heterocycles. The number of benzene rings is 4. The Balaban J connectivity index is 1.55. The van der Waals surface area contributed by atoms with Gasteiger partial charge in [0.2, 0.25) is 5.91 Å². The molecule has 0 spiro atoms. The molecule has 8 nitrogen and oxygen atoms in total. The molecule has 0 fully saturated rings. The zero-order chi connectivity index (χ0) is 28.5. The van der Waals surface area contributed by atoms with Crippen LogP contribution in [0.15, 0.2) is 95.9 Å². The van der Waals surface area contributed by atoms with E-state index in [1.807, 2.05) is 48.5 Å². The van der Waals surface area contributed by atoms with Crippen LogP contribution < -0.4 is 29.6 Å². The van der Waals surface area contributed by atoms with E-state index in [1.165, 1.54) is 26.0 Å². The Hall–Kier alpha value is -4.63. The zero-order valence-corrected chi connectivity index (χ0v) is 23.4. The summed E-state index contributed by atoms with van der Waals surface area (Å²) in [5.41, 5.74) is 2.40. The molecule has 0 radical (unpaired) electrons. The van der Waals surface area contributed by atoms with E-state index in [2.05, 4.69) is 10.6 Å². The molecule has 40 heavy (non-hydrogen) atoms. The van der Waals surface area contributed by atoms with Crippen LogP contribution in [-0.4, -0.2) is 40.3 Å². The number of carbonyl (C=O) groups is 2. The highest BCUT2D eigenvalue weighted by Crippen LogP contribution is 2.38. The van der Waals surface area contributed by atoms with Gasteiger partial charge in [0.15, 0.2) is 11.5 Å². The molecule has 1 unspecified atom stereocenters. The Morgan fingerprint density at radius 1 is 0.650 bits per heavy atom. The Bertz CT molecular complexity index is 1460. The van der Waals surface area contributed by atoms with E-state index < -0.39 is 5.25 Å². The van der Waals surface area contributed by atoms with Gasteiger partial charge in [-0.1, -0.05) is 36.4 Å². The van der Waals surface area contributed by atoms with Crippen molar-refractivity contribution in [2.75, 3.05) is 39.1 Å². The average Bonchev–Trinajstić information content (AvgIpc) is 2.99. The fourth-order valence-electron chi connectivity index (χ4n) is 3.95. The number of hydrogen-bond donors (Lipinski definition) is 2. The summed E-state index contributed by atoms with van der Waals surface area (Å²) >= 11 is 1.37. The smallest absolute Gasteiger partial charge is 0.255 e. The number of amides is 2. The molecule has 0 saturated carbocycles. The maximum absolute atomic E-state index is 13.6. The summed E-state index contributed by atoms with van der Waals surface area (Å²) in [5, 5.41) is 5.33. The molecule has 4 aromatic carbocycles. The highest BCUT2D eigenvalue weighted by atomic mass is 32.2. The van der Waals surface area contributed by atoms with Crippen LogP contribution in [0.3, 0.4) is 0 Å². The Morgan fingerprint density at radius 3 is 2.00 bits per heavy atom. The van der Waals surface area contributed by atoms with Crippen molar-refractivity contribution in [2.24, 2.45) is 0 Å². The number of thioether (sulfide) groups is 1. The van der Waals surface area contributed by atoms with Gasteiger partial charge < -0.3 is 29.6 Å². The monoisotopic (exact) mass is 558 g/mol. The van der Waals surface area contributed by atoms with E-state index >= 15 is 0 Å². The standard InChI is InChI=1S/C31H30N2O6S/c1-36-24-16-23(17-25(19-24)37-2)33-31(35)29(20-9-6-5-7-10-20)40-26-12-8-11-22(18-26)32-30(34)21-13-14-27(38-3)28(15-21)39-4/h5-19,29H,1-4H3,(H,32,34)(H,33,35). The van der Waals surface area contributed by atoms with Gasteiger partial charge >= 0.3 is 0 Å². The SMILES string of the molecule is COc1cc(NC(=O)C(Sc2cccc(NC(=O)c3ccc(OC)c(OC)c3)c2)c2ccccc2)cc(OC)c1. The highest BCUT2D eigenvalue weighted by Gasteiger charge is 2.23. The molecule has 0 aliphatic heterocycles. The van der Waals surface area contributed by atoms with Gasteiger partial charge in [-0.05, 0) is 42.0 Å². The molecule has 1 atom stereocenters. The van der Waals surface area contributed by atoms with Crippen molar-refractivity contribution in [3.8, 4) is 23.0 Å². The predicted octanol–water partition coefficient (Wildman–Crippen LogP) is 6.45. The molecule has 2 N–H and O–H groups in total. The predicted molar refractivity (Wildman–Crippen MR) is 157 cm³/mol. The van der Waals surface area contributed by atoms with E-state index in [9.17, 15) is 9.59 Å². The van der Waals surface area contributed by atoms with Crippen molar-refractivity contribution in [3.05, 3.63) is 102 Å². The molecular formula is C31H30N2O6S. The van der Waals surface area contributed by atoms with Gasteiger partial charge in [0.25, 0.3) is 5.91 Å². The summed E-state index contributed by atoms with van der Waals surface area (Å²) in [7, 11) is 6.17. The van der Waals surface area contributed by atoms with Gasteiger partial charge in [0.1, 0.15) is 16.7 Å². The Kier molecular flexibility index (Phi) is 9.53. The lowest BCUT2D eigenvalue weighted by molar-refractivity contribution is -0.115. The van der Waals surface area contributed by atoms with Gasteiger partial charge in [-0.25, -0.2) is 0 Å².